The number of benzene rings is 10. The van der Waals surface area contributed by atoms with Crippen LogP contribution in [0.15, 0.2) is 223 Å². The van der Waals surface area contributed by atoms with Gasteiger partial charge in [-0.2, -0.15) is 0 Å². The van der Waals surface area contributed by atoms with Gasteiger partial charge in [-0.1, -0.05) is 140 Å². The predicted molar refractivity (Wildman–Crippen MR) is 249 cm³/mol. The van der Waals surface area contributed by atoms with Gasteiger partial charge in [-0.25, -0.2) is 0 Å². The second-order valence-electron chi connectivity index (χ2n) is 15.4. The van der Waals surface area contributed by atoms with Crippen molar-refractivity contribution in [2.45, 2.75) is 0 Å². The van der Waals surface area contributed by atoms with Crippen LogP contribution in [0.25, 0.3) is 93.2 Å². The van der Waals surface area contributed by atoms with Crippen molar-refractivity contribution in [3.05, 3.63) is 218 Å². The average molecular weight is 753 g/mol. The number of nitrogens with zero attached hydrogens (tertiary/aromatic N) is 2. The highest BCUT2D eigenvalue weighted by atomic mass is 16.3. The first-order valence-electron chi connectivity index (χ1n) is 20.2. The van der Waals surface area contributed by atoms with Gasteiger partial charge >= 0.3 is 0 Å². The van der Waals surface area contributed by atoms with Crippen LogP contribution in [0.4, 0.5) is 17.1 Å². The van der Waals surface area contributed by atoms with Gasteiger partial charge in [0, 0.05) is 49.7 Å². The summed E-state index contributed by atoms with van der Waals surface area (Å²) in [5, 5.41) is 9.53. The number of furan rings is 1. The molecule has 0 aliphatic carbocycles. The second kappa shape index (κ2) is 13.4. The minimum Gasteiger partial charge on any atom is -0.455 e. The van der Waals surface area contributed by atoms with E-state index in [-0.39, 0.29) is 0 Å². The number of hydrogen-bond donors (Lipinski definition) is 0. The SMILES string of the molecule is c1cc(-c2ccc(N(c3ccc(-c4ccc5ccccc5c4)cc3)c3ccc4oc5c6ccccc6ccc5c4c3)cc2)cc(-n2c3ccccc3c3ccccc32)c1. The fourth-order valence-corrected chi connectivity index (χ4v) is 9.08. The lowest BCUT2D eigenvalue weighted by molar-refractivity contribution is 0.672. The van der Waals surface area contributed by atoms with Gasteiger partial charge in [0.05, 0.1) is 11.0 Å². The van der Waals surface area contributed by atoms with E-state index in [1.165, 1.54) is 54.7 Å². The summed E-state index contributed by atoms with van der Waals surface area (Å²) in [6.45, 7) is 0. The molecule has 276 valence electrons. The van der Waals surface area contributed by atoms with Crippen molar-refractivity contribution in [3.8, 4) is 27.9 Å². The smallest absolute Gasteiger partial charge is 0.143 e. The standard InChI is InChI=1S/C56H36N2O/c1-2-12-41-34-43(21-20-37(41)10-1)39-24-29-45(30-25-39)57(47-31-33-55-52(36-47)51-32-26-40-11-3-4-15-48(40)56(51)59-55)44-27-22-38(23-28-44)42-13-9-14-46(35-42)58-53-18-7-5-16-49(53)50-17-6-8-19-54(50)58/h1-36H. The Morgan fingerprint density at radius 3 is 1.59 bits per heavy atom. The molecule has 0 saturated carbocycles. The molecule has 3 nitrogen and oxygen atoms in total. The van der Waals surface area contributed by atoms with E-state index in [1.807, 2.05) is 0 Å². The molecular formula is C56H36N2O. The summed E-state index contributed by atoms with van der Waals surface area (Å²) in [6.07, 6.45) is 0. The van der Waals surface area contributed by atoms with Crippen molar-refractivity contribution in [2.24, 2.45) is 0 Å². The Kier molecular flexibility index (Phi) is 7.54. The van der Waals surface area contributed by atoms with E-state index < -0.39 is 0 Å². The third-order valence-electron chi connectivity index (χ3n) is 12.0. The van der Waals surface area contributed by atoms with Crippen LogP contribution in [0.5, 0.6) is 0 Å². The lowest BCUT2D eigenvalue weighted by atomic mass is 10.0. The van der Waals surface area contributed by atoms with E-state index in [0.29, 0.717) is 0 Å². The third-order valence-corrected chi connectivity index (χ3v) is 12.0. The topological polar surface area (TPSA) is 21.3 Å². The molecule has 59 heavy (non-hydrogen) atoms. The van der Waals surface area contributed by atoms with Crippen LogP contribution >= 0.6 is 0 Å². The van der Waals surface area contributed by atoms with E-state index in [4.69, 9.17) is 4.42 Å². The fourth-order valence-electron chi connectivity index (χ4n) is 9.08. The molecule has 0 unspecified atom stereocenters. The fraction of sp³-hybridized carbons (Fsp3) is 0. The molecule has 0 atom stereocenters. The molecule has 0 aliphatic heterocycles. The van der Waals surface area contributed by atoms with E-state index in [1.54, 1.807) is 0 Å². The van der Waals surface area contributed by atoms with Crippen molar-refractivity contribution < 1.29 is 4.42 Å². The van der Waals surface area contributed by atoms with Gasteiger partial charge in [0.1, 0.15) is 11.2 Å². The molecule has 0 radical (unpaired) electrons. The maximum atomic E-state index is 6.54. The van der Waals surface area contributed by atoms with Crippen molar-refractivity contribution >= 4 is 82.4 Å². The van der Waals surface area contributed by atoms with Crippen LogP contribution in [-0.4, -0.2) is 4.57 Å². The highest BCUT2D eigenvalue weighted by Gasteiger charge is 2.18. The highest BCUT2D eigenvalue weighted by molar-refractivity contribution is 6.16. The van der Waals surface area contributed by atoms with Gasteiger partial charge in [0.2, 0.25) is 0 Å². The van der Waals surface area contributed by atoms with Crippen LogP contribution in [0, 0.1) is 0 Å². The molecule has 0 fully saturated rings. The minimum atomic E-state index is 0.880. The van der Waals surface area contributed by atoms with E-state index >= 15 is 0 Å². The monoisotopic (exact) mass is 752 g/mol. The molecule has 2 aromatic heterocycles. The van der Waals surface area contributed by atoms with Crippen LogP contribution < -0.4 is 4.90 Å². The lowest BCUT2D eigenvalue weighted by Gasteiger charge is -2.26. The maximum Gasteiger partial charge on any atom is 0.143 e. The van der Waals surface area contributed by atoms with Gasteiger partial charge in [0.15, 0.2) is 0 Å². The first kappa shape index (κ1) is 33.3. The molecule has 0 aliphatic rings. The summed E-state index contributed by atoms with van der Waals surface area (Å²) in [5.74, 6) is 0. The maximum absolute atomic E-state index is 6.54. The number of para-hydroxylation sites is 2. The molecule has 2 heterocycles. The molecule has 0 N–H and O–H groups in total. The third kappa shape index (κ3) is 5.51. The average Bonchev–Trinajstić information content (AvgIpc) is 3.85. The molecular weight excluding hydrogens is 717 g/mol. The Morgan fingerprint density at radius 2 is 0.881 bits per heavy atom. The number of hydrogen-bond acceptors (Lipinski definition) is 2. The van der Waals surface area contributed by atoms with Crippen LogP contribution in [-0.2, 0) is 0 Å². The van der Waals surface area contributed by atoms with Gasteiger partial charge in [-0.05, 0) is 117 Å². The number of fused-ring (bicyclic) bond motifs is 9. The Balaban J connectivity index is 0.962. The molecule has 3 heteroatoms. The van der Waals surface area contributed by atoms with Crippen LogP contribution in [0.2, 0.25) is 0 Å². The first-order chi connectivity index (χ1) is 29.2. The Morgan fingerprint density at radius 1 is 0.322 bits per heavy atom. The van der Waals surface area contributed by atoms with E-state index in [9.17, 15) is 0 Å². The molecule has 12 rings (SSSR count). The zero-order valence-electron chi connectivity index (χ0n) is 32.1. The van der Waals surface area contributed by atoms with Crippen molar-refractivity contribution in [1.82, 2.24) is 4.57 Å². The van der Waals surface area contributed by atoms with Gasteiger partial charge in [-0.15, -0.1) is 0 Å². The highest BCUT2D eigenvalue weighted by Crippen LogP contribution is 2.42. The molecule has 0 spiro atoms. The van der Waals surface area contributed by atoms with Crippen molar-refractivity contribution in [1.29, 1.82) is 0 Å². The van der Waals surface area contributed by atoms with E-state index in [2.05, 4.69) is 228 Å². The van der Waals surface area contributed by atoms with Crippen molar-refractivity contribution in [2.75, 3.05) is 4.90 Å². The number of rotatable bonds is 6. The zero-order valence-corrected chi connectivity index (χ0v) is 32.1. The predicted octanol–water partition coefficient (Wildman–Crippen LogP) is 15.8. The minimum absolute atomic E-state index is 0.880. The Bertz CT molecular complexity index is 3500. The summed E-state index contributed by atoms with van der Waals surface area (Å²) in [4.78, 5) is 2.35. The summed E-state index contributed by atoms with van der Waals surface area (Å²) >= 11 is 0. The summed E-state index contributed by atoms with van der Waals surface area (Å²) < 4.78 is 8.91. The van der Waals surface area contributed by atoms with Crippen LogP contribution in [0.1, 0.15) is 0 Å². The van der Waals surface area contributed by atoms with Crippen LogP contribution in [0.3, 0.4) is 0 Å². The number of aromatic nitrogens is 1. The Labute approximate surface area is 341 Å². The van der Waals surface area contributed by atoms with Gasteiger partial charge < -0.3 is 13.9 Å². The summed E-state index contributed by atoms with van der Waals surface area (Å²) in [5.41, 5.74) is 13.3. The second-order valence-corrected chi connectivity index (χ2v) is 15.4. The molecule has 12 aromatic rings. The lowest BCUT2D eigenvalue weighted by Crippen LogP contribution is -2.09. The number of anilines is 3. The summed E-state index contributed by atoms with van der Waals surface area (Å²) in [6, 6.07) is 78.8. The molecule has 0 amide bonds. The normalized spacial score (nSPS) is 11.7. The quantitative estimate of drug-likeness (QED) is 0.169. The van der Waals surface area contributed by atoms with Crippen molar-refractivity contribution in [3.63, 3.8) is 0 Å². The van der Waals surface area contributed by atoms with Gasteiger partial charge in [0.25, 0.3) is 0 Å². The van der Waals surface area contributed by atoms with E-state index in [0.717, 1.165) is 55.6 Å². The van der Waals surface area contributed by atoms with Gasteiger partial charge in [-0.3, -0.25) is 0 Å². The molecule has 0 bridgehead atoms. The zero-order chi connectivity index (χ0) is 38.9. The molecule has 10 aromatic carbocycles. The molecule has 0 saturated heterocycles. The summed E-state index contributed by atoms with van der Waals surface area (Å²) in [7, 11) is 0. The Hall–Kier alpha value is -7.88. The largest absolute Gasteiger partial charge is 0.455 e. The first-order valence-corrected chi connectivity index (χ1v) is 20.2.